The minimum absolute atomic E-state index is 0.635. The second-order valence-electron chi connectivity index (χ2n) is 4.87. The van der Waals surface area contributed by atoms with E-state index in [0.29, 0.717) is 16.6 Å². The highest BCUT2D eigenvalue weighted by atomic mass is 35.5. The van der Waals surface area contributed by atoms with Crippen LogP contribution in [-0.4, -0.2) is 32.1 Å². The Kier molecular flexibility index (Phi) is 5.49. The molecule has 1 heterocycles. The van der Waals surface area contributed by atoms with Gasteiger partial charge in [-0.1, -0.05) is 23.2 Å². The topological polar surface area (TPSA) is 28.4 Å². The molecule has 0 bridgehead atoms. The van der Waals surface area contributed by atoms with Crippen LogP contribution in [0.4, 0.5) is 0 Å². The molecule has 0 unspecified atom stereocenters. The fraction of sp³-hybridized carbons (Fsp3) is 0.333. The lowest BCUT2D eigenvalue weighted by Gasteiger charge is -2.09. The molecule has 108 valence electrons. The van der Waals surface area contributed by atoms with Crippen molar-refractivity contribution in [1.29, 1.82) is 0 Å². The minimum Gasteiger partial charge on any atom is -0.460 e. The van der Waals surface area contributed by atoms with E-state index in [4.69, 9.17) is 27.6 Å². The Hall–Kier alpha value is -1.00. The first-order valence-electron chi connectivity index (χ1n) is 6.46. The van der Waals surface area contributed by atoms with Crippen molar-refractivity contribution in [1.82, 2.24) is 10.2 Å². The van der Waals surface area contributed by atoms with Gasteiger partial charge in [0.25, 0.3) is 0 Å². The van der Waals surface area contributed by atoms with Crippen molar-refractivity contribution in [3.8, 4) is 11.3 Å². The monoisotopic (exact) mass is 312 g/mol. The first-order valence-corrected chi connectivity index (χ1v) is 7.21. The van der Waals surface area contributed by atoms with Gasteiger partial charge in [0.05, 0.1) is 11.6 Å². The van der Waals surface area contributed by atoms with Crippen LogP contribution in [-0.2, 0) is 6.54 Å². The highest BCUT2D eigenvalue weighted by Crippen LogP contribution is 2.31. The molecule has 0 aliphatic heterocycles. The van der Waals surface area contributed by atoms with Gasteiger partial charge in [-0.3, -0.25) is 0 Å². The van der Waals surface area contributed by atoms with Crippen molar-refractivity contribution in [2.24, 2.45) is 0 Å². The molecule has 20 heavy (non-hydrogen) atoms. The Morgan fingerprint density at radius 2 is 1.95 bits per heavy atom. The largest absolute Gasteiger partial charge is 0.460 e. The Morgan fingerprint density at radius 1 is 1.15 bits per heavy atom. The fourth-order valence-corrected chi connectivity index (χ4v) is 2.20. The normalized spacial score (nSPS) is 11.2. The second-order valence-corrected chi connectivity index (χ2v) is 5.71. The van der Waals surface area contributed by atoms with Gasteiger partial charge in [0.15, 0.2) is 0 Å². The number of halogens is 2. The molecule has 0 spiro atoms. The van der Waals surface area contributed by atoms with Gasteiger partial charge in [0.1, 0.15) is 11.5 Å². The van der Waals surface area contributed by atoms with Crippen LogP contribution in [0.2, 0.25) is 10.0 Å². The van der Waals surface area contributed by atoms with Crippen molar-refractivity contribution in [3.05, 3.63) is 46.1 Å². The van der Waals surface area contributed by atoms with E-state index >= 15 is 0 Å². The van der Waals surface area contributed by atoms with Crippen LogP contribution in [0.1, 0.15) is 5.76 Å². The number of likely N-dealkylation sites (N-methyl/N-ethyl adjacent to an activating group) is 1. The number of furan rings is 1. The standard InChI is InChI=1S/C15H18Cl2N2O/c1-19(2)8-7-18-10-12-4-6-15(20-12)13-9-11(16)3-5-14(13)17/h3-6,9,18H,7-8,10H2,1-2H3. The van der Waals surface area contributed by atoms with E-state index in [9.17, 15) is 0 Å². The van der Waals surface area contributed by atoms with Crippen LogP contribution < -0.4 is 5.32 Å². The summed E-state index contributed by atoms with van der Waals surface area (Å²) in [6, 6.07) is 9.22. The Morgan fingerprint density at radius 3 is 2.70 bits per heavy atom. The average molecular weight is 313 g/mol. The molecule has 0 saturated heterocycles. The van der Waals surface area contributed by atoms with E-state index < -0.39 is 0 Å². The maximum atomic E-state index is 6.16. The van der Waals surface area contributed by atoms with Gasteiger partial charge in [0, 0.05) is 23.7 Å². The maximum Gasteiger partial charge on any atom is 0.135 e. The van der Waals surface area contributed by atoms with Crippen molar-refractivity contribution >= 4 is 23.2 Å². The van der Waals surface area contributed by atoms with E-state index in [2.05, 4.69) is 10.2 Å². The van der Waals surface area contributed by atoms with Gasteiger partial charge in [-0.15, -0.1) is 0 Å². The fourth-order valence-electron chi connectivity index (χ4n) is 1.82. The van der Waals surface area contributed by atoms with E-state index in [1.165, 1.54) is 0 Å². The van der Waals surface area contributed by atoms with Gasteiger partial charge in [0.2, 0.25) is 0 Å². The summed E-state index contributed by atoms with van der Waals surface area (Å²) in [7, 11) is 4.10. The van der Waals surface area contributed by atoms with E-state index in [1.54, 1.807) is 12.1 Å². The van der Waals surface area contributed by atoms with Crippen molar-refractivity contribution in [2.75, 3.05) is 27.2 Å². The van der Waals surface area contributed by atoms with Gasteiger partial charge in [-0.05, 0) is 44.4 Å². The van der Waals surface area contributed by atoms with E-state index in [1.807, 2.05) is 32.3 Å². The summed E-state index contributed by atoms with van der Waals surface area (Å²) >= 11 is 12.2. The van der Waals surface area contributed by atoms with Crippen LogP contribution >= 0.6 is 23.2 Å². The number of benzene rings is 1. The number of hydrogen-bond acceptors (Lipinski definition) is 3. The average Bonchev–Trinajstić information content (AvgIpc) is 2.86. The number of nitrogens with zero attached hydrogens (tertiary/aromatic N) is 1. The van der Waals surface area contributed by atoms with Crippen LogP contribution in [0, 0.1) is 0 Å². The molecule has 0 saturated carbocycles. The summed E-state index contributed by atoms with van der Waals surface area (Å²) < 4.78 is 5.79. The molecule has 0 radical (unpaired) electrons. The molecule has 0 amide bonds. The van der Waals surface area contributed by atoms with Crippen molar-refractivity contribution < 1.29 is 4.42 Å². The van der Waals surface area contributed by atoms with Crippen LogP contribution in [0.3, 0.4) is 0 Å². The third-order valence-electron chi connectivity index (χ3n) is 2.89. The summed E-state index contributed by atoms with van der Waals surface area (Å²) in [5.74, 6) is 1.62. The highest BCUT2D eigenvalue weighted by Gasteiger charge is 2.09. The molecule has 5 heteroatoms. The number of rotatable bonds is 6. The number of nitrogens with one attached hydrogen (secondary N) is 1. The molecular formula is C15H18Cl2N2O. The first-order chi connectivity index (χ1) is 9.56. The molecule has 0 fully saturated rings. The quantitative estimate of drug-likeness (QED) is 0.820. The van der Waals surface area contributed by atoms with Gasteiger partial charge in [-0.25, -0.2) is 0 Å². The molecular weight excluding hydrogens is 295 g/mol. The molecule has 1 aromatic heterocycles. The smallest absolute Gasteiger partial charge is 0.135 e. The Labute approximate surface area is 129 Å². The van der Waals surface area contributed by atoms with Gasteiger partial charge < -0.3 is 14.6 Å². The summed E-state index contributed by atoms with van der Waals surface area (Å²) in [6.07, 6.45) is 0. The molecule has 0 aliphatic carbocycles. The van der Waals surface area contributed by atoms with Crippen molar-refractivity contribution in [3.63, 3.8) is 0 Å². The lowest BCUT2D eigenvalue weighted by Crippen LogP contribution is -2.25. The lowest BCUT2D eigenvalue weighted by molar-refractivity contribution is 0.392. The summed E-state index contributed by atoms with van der Waals surface area (Å²) in [6.45, 7) is 2.61. The third-order valence-corrected chi connectivity index (χ3v) is 3.46. The molecule has 2 aromatic rings. The van der Waals surface area contributed by atoms with Crippen LogP contribution in [0.15, 0.2) is 34.7 Å². The van der Waals surface area contributed by atoms with E-state index in [0.717, 1.165) is 30.2 Å². The number of hydrogen-bond donors (Lipinski definition) is 1. The maximum absolute atomic E-state index is 6.16. The minimum atomic E-state index is 0.635. The second kappa shape index (κ2) is 7.14. The zero-order chi connectivity index (χ0) is 14.5. The van der Waals surface area contributed by atoms with E-state index in [-0.39, 0.29) is 0 Å². The Bertz CT molecular complexity index is 567. The highest BCUT2D eigenvalue weighted by molar-refractivity contribution is 6.35. The zero-order valence-electron chi connectivity index (χ0n) is 11.6. The lowest BCUT2D eigenvalue weighted by atomic mass is 10.2. The summed E-state index contributed by atoms with van der Waals surface area (Å²) in [5, 5.41) is 4.61. The van der Waals surface area contributed by atoms with Crippen LogP contribution in [0.25, 0.3) is 11.3 Å². The summed E-state index contributed by atoms with van der Waals surface area (Å²) in [5.41, 5.74) is 0.818. The molecule has 0 aliphatic rings. The molecule has 3 nitrogen and oxygen atoms in total. The molecule has 2 rings (SSSR count). The van der Waals surface area contributed by atoms with Gasteiger partial charge in [-0.2, -0.15) is 0 Å². The molecule has 1 aromatic carbocycles. The first kappa shape index (κ1) is 15.4. The zero-order valence-corrected chi connectivity index (χ0v) is 13.1. The molecule has 0 atom stereocenters. The van der Waals surface area contributed by atoms with Crippen LogP contribution in [0.5, 0.6) is 0 Å². The summed E-state index contributed by atoms with van der Waals surface area (Å²) in [4.78, 5) is 2.13. The van der Waals surface area contributed by atoms with Crippen molar-refractivity contribution in [2.45, 2.75) is 6.54 Å². The Balaban J connectivity index is 2.00. The third kappa shape index (κ3) is 4.25. The van der Waals surface area contributed by atoms with Gasteiger partial charge >= 0.3 is 0 Å². The predicted molar refractivity (Wildman–Crippen MR) is 84.4 cm³/mol. The molecule has 1 N–H and O–H groups in total. The predicted octanol–water partition coefficient (Wildman–Crippen LogP) is 3.90. The SMILES string of the molecule is CN(C)CCNCc1ccc(-c2cc(Cl)ccc2Cl)o1.